The highest BCUT2D eigenvalue weighted by Crippen LogP contribution is 2.13. The zero-order valence-electron chi connectivity index (χ0n) is 16.4. The second-order valence-corrected chi connectivity index (χ2v) is 6.22. The van der Waals surface area contributed by atoms with Crippen LogP contribution < -0.4 is 15.8 Å². The molecular formula is C21H31IN4O. The van der Waals surface area contributed by atoms with Crippen LogP contribution in [0.2, 0.25) is 0 Å². The van der Waals surface area contributed by atoms with Crippen LogP contribution in [0, 0.1) is 6.92 Å². The molecule has 6 heteroatoms. The molecule has 2 aromatic rings. The predicted molar refractivity (Wildman–Crippen MR) is 125 cm³/mol. The van der Waals surface area contributed by atoms with Crippen LogP contribution in [-0.4, -0.2) is 37.1 Å². The van der Waals surface area contributed by atoms with Crippen molar-refractivity contribution in [3.05, 3.63) is 59.7 Å². The van der Waals surface area contributed by atoms with Gasteiger partial charge in [0.1, 0.15) is 12.4 Å². The van der Waals surface area contributed by atoms with Crippen molar-refractivity contribution >= 4 is 35.6 Å². The number of hydrogen-bond donors (Lipinski definition) is 2. The zero-order valence-corrected chi connectivity index (χ0v) is 18.8. The van der Waals surface area contributed by atoms with Crippen LogP contribution in [0.4, 0.5) is 5.69 Å². The lowest BCUT2D eigenvalue weighted by molar-refractivity contribution is 0.223. The highest BCUT2D eigenvalue weighted by Gasteiger charge is 2.00. The predicted octanol–water partition coefficient (Wildman–Crippen LogP) is 4.26. The number of aliphatic imine (C=N–C) groups is 1. The van der Waals surface area contributed by atoms with Crippen LogP contribution >= 0.6 is 24.0 Å². The van der Waals surface area contributed by atoms with Gasteiger partial charge in [0.25, 0.3) is 0 Å². The standard InChI is InChI=1S/C21H30N4O.HI/c1-4-25(5-2)13-14-26-20-11-9-18(10-12-20)16-23-21(22)24-19-8-6-7-17(3)15-19;/h6-12,15H,4-5,13-14,16H2,1-3H3,(H3,22,23,24);1H. The molecule has 0 heterocycles. The number of benzene rings is 2. The lowest BCUT2D eigenvalue weighted by Crippen LogP contribution is -2.27. The maximum Gasteiger partial charge on any atom is 0.193 e. The average molecular weight is 482 g/mol. The molecule has 0 aliphatic heterocycles. The summed E-state index contributed by atoms with van der Waals surface area (Å²) in [5, 5.41) is 3.11. The Hall–Kier alpha value is -1.80. The van der Waals surface area contributed by atoms with Crippen molar-refractivity contribution < 1.29 is 4.74 Å². The Morgan fingerprint density at radius 3 is 2.44 bits per heavy atom. The molecule has 0 unspecified atom stereocenters. The molecule has 2 rings (SSSR count). The highest BCUT2D eigenvalue weighted by molar-refractivity contribution is 14.0. The van der Waals surface area contributed by atoms with Gasteiger partial charge in [0.05, 0.1) is 6.54 Å². The summed E-state index contributed by atoms with van der Waals surface area (Å²) in [5.74, 6) is 1.30. The van der Waals surface area contributed by atoms with Crippen LogP contribution in [0.25, 0.3) is 0 Å². The fraction of sp³-hybridized carbons (Fsp3) is 0.381. The third-order valence-corrected chi connectivity index (χ3v) is 4.22. The highest BCUT2D eigenvalue weighted by atomic mass is 127. The monoisotopic (exact) mass is 482 g/mol. The minimum Gasteiger partial charge on any atom is -0.492 e. The lowest BCUT2D eigenvalue weighted by atomic mass is 10.2. The summed E-state index contributed by atoms with van der Waals surface area (Å²) in [5.41, 5.74) is 9.18. The van der Waals surface area contributed by atoms with Gasteiger partial charge >= 0.3 is 0 Å². The van der Waals surface area contributed by atoms with Crippen molar-refractivity contribution in [2.75, 3.05) is 31.6 Å². The van der Waals surface area contributed by atoms with Gasteiger partial charge in [0.15, 0.2) is 5.96 Å². The van der Waals surface area contributed by atoms with Crippen molar-refractivity contribution in [1.29, 1.82) is 0 Å². The quantitative estimate of drug-likeness (QED) is 0.319. The molecular weight excluding hydrogens is 451 g/mol. The Bertz CT molecular complexity index is 700. The molecule has 0 amide bonds. The van der Waals surface area contributed by atoms with E-state index in [2.05, 4.69) is 29.1 Å². The number of ether oxygens (including phenoxy) is 1. The van der Waals surface area contributed by atoms with Crippen molar-refractivity contribution in [1.82, 2.24) is 4.90 Å². The first-order valence-corrected chi connectivity index (χ1v) is 9.18. The zero-order chi connectivity index (χ0) is 18.8. The van der Waals surface area contributed by atoms with Gasteiger partial charge in [-0.05, 0) is 55.4 Å². The smallest absolute Gasteiger partial charge is 0.193 e. The molecule has 0 aliphatic rings. The van der Waals surface area contributed by atoms with E-state index in [9.17, 15) is 0 Å². The van der Waals surface area contributed by atoms with Gasteiger partial charge in [-0.3, -0.25) is 0 Å². The van der Waals surface area contributed by atoms with E-state index in [1.54, 1.807) is 0 Å². The summed E-state index contributed by atoms with van der Waals surface area (Å²) < 4.78 is 5.80. The van der Waals surface area contributed by atoms with Crippen LogP contribution in [0.5, 0.6) is 5.75 Å². The summed E-state index contributed by atoms with van der Waals surface area (Å²) in [6, 6.07) is 16.1. The molecule has 148 valence electrons. The Balaban J connectivity index is 0.00000364. The Labute approximate surface area is 180 Å². The number of hydrogen-bond acceptors (Lipinski definition) is 3. The second-order valence-electron chi connectivity index (χ2n) is 6.22. The molecule has 27 heavy (non-hydrogen) atoms. The SMILES string of the molecule is CCN(CC)CCOc1ccc(CN=C(N)Nc2cccc(C)c2)cc1.I. The first-order chi connectivity index (χ1) is 12.6. The molecule has 5 nitrogen and oxygen atoms in total. The van der Waals surface area contributed by atoms with E-state index in [1.165, 1.54) is 5.56 Å². The minimum absolute atomic E-state index is 0. The summed E-state index contributed by atoms with van der Waals surface area (Å²) in [4.78, 5) is 6.73. The van der Waals surface area contributed by atoms with Crippen molar-refractivity contribution in [3.63, 3.8) is 0 Å². The van der Waals surface area contributed by atoms with E-state index >= 15 is 0 Å². The number of nitrogens with one attached hydrogen (secondary N) is 1. The first kappa shape index (κ1) is 23.2. The molecule has 0 aliphatic carbocycles. The topological polar surface area (TPSA) is 62.9 Å². The summed E-state index contributed by atoms with van der Waals surface area (Å²) in [7, 11) is 0. The van der Waals surface area contributed by atoms with E-state index in [-0.39, 0.29) is 24.0 Å². The van der Waals surface area contributed by atoms with Gasteiger partial charge in [0, 0.05) is 12.2 Å². The molecule has 0 saturated heterocycles. The minimum atomic E-state index is 0. The second kappa shape index (κ2) is 12.6. The molecule has 0 fully saturated rings. The maximum atomic E-state index is 5.96. The van der Waals surface area contributed by atoms with Crippen LogP contribution in [0.3, 0.4) is 0 Å². The Kier molecular flexibility index (Phi) is 10.8. The van der Waals surface area contributed by atoms with Gasteiger partial charge in [0.2, 0.25) is 0 Å². The van der Waals surface area contributed by atoms with Crippen molar-refractivity contribution in [2.45, 2.75) is 27.3 Å². The molecule has 0 saturated carbocycles. The van der Waals surface area contributed by atoms with Crippen LogP contribution in [0.1, 0.15) is 25.0 Å². The number of halogens is 1. The van der Waals surface area contributed by atoms with Crippen LogP contribution in [-0.2, 0) is 6.54 Å². The molecule has 2 aromatic carbocycles. The number of aryl methyl sites for hydroxylation is 1. The average Bonchev–Trinajstić information content (AvgIpc) is 2.64. The third-order valence-electron chi connectivity index (χ3n) is 4.22. The number of rotatable bonds is 9. The number of anilines is 1. The van der Waals surface area contributed by atoms with E-state index < -0.39 is 0 Å². The van der Waals surface area contributed by atoms with Gasteiger partial charge in [-0.25, -0.2) is 4.99 Å². The van der Waals surface area contributed by atoms with E-state index in [4.69, 9.17) is 10.5 Å². The van der Waals surface area contributed by atoms with Gasteiger partial charge in [-0.2, -0.15) is 0 Å². The molecule has 3 N–H and O–H groups in total. The largest absolute Gasteiger partial charge is 0.492 e. The Morgan fingerprint density at radius 1 is 1.11 bits per heavy atom. The summed E-state index contributed by atoms with van der Waals surface area (Å²) >= 11 is 0. The van der Waals surface area contributed by atoms with Crippen LogP contribution in [0.15, 0.2) is 53.5 Å². The van der Waals surface area contributed by atoms with Gasteiger partial charge in [-0.1, -0.05) is 38.1 Å². The fourth-order valence-corrected chi connectivity index (χ4v) is 2.61. The van der Waals surface area contributed by atoms with Crippen molar-refractivity contribution in [3.8, 4) is 5.75 Å². The number of nitrogens with two attached hydrogens (primary N) is 1. The maximum absolute atomic E-state index is 5.96. The lowest BCUT2D eigenvalue weighted by Gasteiger charge is -2.18. The molecule has 0 bridgehead atoms. The normalized spacial score (nSPS) is 11.2. The number of nitrogens with zero attached hydrogens (tertiary/aromatic N) is 2. The molecule has 0 spiro atoms. The fourth-order valence-electron chi connectivity index (χ4n) is 2.61. The number of likely N-dealkylation sites (N-methyl/N-ethyl adjacent to an activating group) is 1. The van der Waals surface area contributed by atoms with E-state index in [1.807, 2.05) is 55.5 Å². The summed E-state index contributed by atoms with van der Waals surface area (Å²) in [6.45, 7) is 10.7. The molecule has 0 radical (unpaired) electrons. The summed E-state index contributed by atoms with van der Waals surface area (Å²) in [6.07, 6.45) is 0. The molecule has 0 aromatic heterocycles. The van der Waals surface area contributed by atoms with Gasteiger partial charge in [-0.15, -0.1) is 24.0 Å². The Morgan fingerprint density at radius 2 is 1.81 bits per heavy atom. The number of guanidine groups is 1. The van der Waals surface area contributed by atoms with E-state index in [0.717, 1.165) is 36.6 Å². The molecule has 0 atom stereocenters. The van der Waals surface area contributed by atoms with E-state index in [0.29, 0.717) is 19.1 Å². The first-order valence-electron chi connectivity index (χ1n) is 9.18. The van der Waals surface area contributed by atoms with Crippen molar-refractivity contribution in [2.24, 2.45) is 10.7 Å². The van der Waals surface area contributed by atoms with Gasteiger partial charge < -0.3 is 20.7 Å². The third kappa shape index (κ3) is 8.62.